The molecule has 0 aliphatic heterocycles. The average molecular weight is 782 g/mol. The van der Waals surface area contributed by atoms with E-state index < -0.39 is 42.2 Å². The van der Waals surface area contributed by atoms with E-state index in [2.05, 4.69) is 15.9 Å². The first-order valence-corrected chi connectivity index (χ1v) is 16.8. The van der Waals surface area contributed by atoms with Gasteiger partial charge in [-0.25, -0.2) is 18.8 Å². The molecule has 52 heavy (non-hydrogen) atoms. The van der Waals surface area contributed by atoms with Crippen molar-refractivity contribution in [2.45, 2.75) is 69.0 Å². The summed E-state index contributed by atoms with van der Waals surface area (Å²) in [5.74, 6) is -5.54. The number of phenolic OH excluding ortho intramolecular Hbond substituents is 1. The number of ether oxygens (including phenoxy) is 4. The van der Waals surface area contributed by atoms with Gasteiger partial charge in [0.05, 0.1) is 18.2 Å². The summed E-state index contributed by atoms with van der Waals surface area (Å²) in [6, 6.07) is 1.46. The van der Waals surface area contributed by atoms with Crippen molar-refractivity contribution in [3.8, 4) is 23.0 Å². The monoisotopic (exact) mass is 780 g/mol. The first-order chi connectivity index (χ1) is 24.3. The number of aryl methyl sites for hydroxylation is 1. The third kappa shape index (κ3) is 6.97. The molecule has 13 heteroatoms. The van der Waals surface area contributed by atoms with Gasteiger partial charge in [0.1, 0.15) is 45.6 Å². The topological polar surface area (TPSA) is 163 Å². The van der Waals surface area contributed by atoms with E-state index in [9.17, 15) is 38.6 Å². The molecular weight excluding hydrogens is 743 g/mol. The van der Waals surface area contributed by atoms with Gasteiger partial charge in [-0.3, -0.25) is 9.59 Å². The van der Waals surface area contributed by atoms with E-state index >= 15 is 0 Å². The third-order valence-corrected chi connectivity index (χ3v) is 10.3. The fourth-order valence-electron chi connectivity index (χ4n) is 6.29. The molecule has 274 valence electrons. The summed E-state index contributed by atoms with van der Waals surface area (Å²) in [6.07, 6.45) is 2.49. The van der Waals surface area contributed by atoms with Crippen molar-refractivity contribution in [1.29, 1.82) is 0 Å². The molecule has 0 aromatic heterocycles. The Bertz CT molecular complexity index is 2130. The second kappa shape index (κ2) is 15.1. The summed E-state index contributed by atoms with van der Waals surface area (Å²) in [4.78, 5) is 64.3. The van der Waals surface area contributed by atoms with Crippen molar-refractivity contribution < 1.29 is 57.5 Å². The Balaban J connectivity index is 1.66. The summed E-state index contributed by atoms with van der Waals surface area (Å²) >= 11 is 3.25. The Morgan fingerprint density at radius 1 is 0.750 bits per heavy atom. The van der Waals surface area contributed by atoms with E-state index in [4.69, 9.17) is 18.9 Å². The quantitative estimate of drug-likeness (QED) is 0.161. The molecule has 0 saturated heterocycles. The maximum Gasteiger partial charge on any atom is 0.347 e. The van der Waals surface area contributed by atoms with Crippen LogP contribution in [0.5, 0.6) is 23.0 Å². The van der Waals surface area contributed by atoms with Crippen molar-refractivity contribution >= 4 is 45.6 Å². The number of alkyl halides is 1. The number of carboxylic acids is 1. The van der Waals surface area contributed by atoms with E-state index in [0.29, 0.717) is 39.0 Å². The summed E-state index contributed by atoms with van der Waals surface area (Å²) in [5.41, 5.74) is 2.83. The van der Waals surface area contributed by atoms with Crippen LogP contribution in [0.15, 0.2) is 34.0 Å². The van der Waals surface area contributed by atoms with Crippen LogP contribution in [0.1, 0.15) is 88.1 Å². The molecule has 0 fully saturated rings. The van der Waals surface area contributed by atoms with Crippen molar-refractivity contribution in [1.82, 2.24) is 0 Å². The van der Waals surface area contributed by atoms with Crippen LogP contribution in [0, 0.1) is 61.3 Å². The summed E-state index contributed by atoms with van der Waals surface area (Å²) in [7, 11) is 1.33. The molecule has 3 aromatic rings. The van der Waals surface area contributed by atoms with Crippen LogP contribution in [0.2, 0.25) is 0 Å². The van der Waals surface area contributed by atoms with Gasteiger partial charge in [0.25, 0.3) is 0 Å². The number of carbonyl (C=O) groups is 5. The van der Waals surface area contributed by atoms with Crippen LogP contribution in [-0.4, -0.2) is 47.0 Å². The zero-order chi connectivity index (χ0) is 39.1. The fourth-order valence-corrected chi connectivity index (χ4v) is 6.87. The van der Waals surface area contributed by atoms with Crippen molar-refractivity contribution in [3.63, 3.8) is 0 Å². The van der Waals surface area contributed by atoms with Crippen LogP contribution in [-0.2, 0) is 21.0 Å². The normalized spacial score (nSPS) is 14.0. The molecule has 0 radical (unpaired) electrons. The highest BCUT2D eigenvalue weighted by atomic mass is 79.9. The number of halogens is 2. The number of carboxylic acid groups (broad SMARTS) is 1. The summed E-state index contributed by atoms with van der Waals surface area (Å²) in [5, 5.41) is 20.8. The molecule has 1 atom stereocenters. The lowest BCUT2D eigenvalue weighted by atomic mass is 9.92. The van der Waals surface area contributed by atoms with Crippen molar-refractivity contribution in [3.05, 3.63) is 101 Å². The number of methoxy groups -OCH3 is 1. The number of carbonyl (C=O) groups excluding carboxylic acids is 4. The molecule has 2 N–H and O–H groups in total. The number of allylic oxidation sites excluding steroid dienone is 2. The van der Waals surface area contributed by atoms with E-state index in [1.54, 1.807) is 55.4 Å². The number of phenols is 1. The molecule has 1 unspecified atom stereocenters. The first-order valence-electron chi connectivity index (χ1n) is 16.0. The molecule has 4 rings (SSSR count). The highest BCUT2D eigenvalue weighted by Gasteiger charge is 2.34. The Hall–Kier alpha value is -5.30. The zero-order valence-electron chi connectivity index (χ0n) is 30.3. The minimum absolute atomic E-state index is 0.0437. The predicted molar refractivity (Wildman–Crippen MR) is 191 cm³/mol. The van der Waals surface area contributed by atoms with Crippen LogP contribution >= 0.6 is 15.9 Å². The molecule has 1 aliphatic carbocycles. The van der Waals surface area contributed by atoms with Gasteiger partial charge >= 0.3 is 23.9 Å². The number of hydrogen-bond donors (Lipinski definition) is 2. The van der Waals surface area contributed by atoms with Crippen LogP contribution in [0.25, 0.3) is 0 Å². The van der Waals surface area contributed by atoms with Crippen molar-refractivity contribution in [2.24, 2.45) is 5.92 Å². The van der Waals surface area contributed by atoms with Gasteiger partial charge in [0.15, 0.2) is 11.5 Å². The molecule has 11 nitrogen and oxygen atoms in total. The smallest absolute Gasteiger partial charge is 0.347 e. The number of aromatic carboxylic acids is 1. The number of rotatable bonds is 9. The Kier molecular flexibility index (Phi) is 11.5. The van der Waals surface area contributed by atoms with Gasteiger partial charge in [0.2, 0.25) is 0 Å². The molecular formula is C39H38BrFO11. The summed E-state index contributed by atoms with van der Waals surface area (Å²) < 4.78 is 36.6. The lowest BCUT2D eigenvalue weighted by Crippen LogP contribution is -2.28. The van der Waals surface area contributed by atoms with Gasteiger partial charge < -0.3 is 29.2 Å². The largest absolute Gasteiger partial charge is 0.506 e. The maximum atomic E-state index is 14.2. The molecule has 0 spiro atoms. The van der Waals surface area contributed by atoms with E-state index in [-0.39, 0.29) is 66.6 Å². The number of esters is 3. The van der Waals surface area contributed by atoms with E-state index in [0.717, 1.165) is 0 Å². The number of hydrogen-bond acceptors (Lipinski definition) is 10. The zero-order valence-corrected chi connectivity index (χ0v) is 31.9. The van der Waals surface area contributed by atoms with Crippen LogP contribution in [0.3, 0.4) is 0 Å². The van der Waals surface area contributed by atoms with Gasteiger partial charge in [0, 0.05) is 11.6 Å². The number of aromatic hydroxyl groups is 1. The van der Waals surface area contributed by atoms with Crippen LogP contribution in [0.4, 0.5) is 4.39 Å². The molecule has 0 bridgehead atoms. The van der Waals surface area contributed by atoms with Gasteiger partial charge in [-0.05, 0) is 140 Å². The second-order valence-corrected chi connectivity index (χ2v) is 13.4. The van der Waals surface area contributed by atoms with E-state index in [1.807, 2.05) is 0 Å². The van der Waals surface area contributed by atoms with Gasteiger partial charge in [-0.2, -0.15) is 0 Å². The Labute approximate surface area is 308 Å². The fraction of sp³-hybridized carbons (Fsp3) is 0.308. The maximum absolute atomic E-state index is 14.2. The molecule has 3 aromatic carbocycles. The van der Waals surface area contributed by atoms with Gasteiger partial charge in [-0.1, -0.05) is 0 Å². The SMILES string of the molecule is COC1=CC(=O)C=C(C)C1C(=O)Oc1c(C)c(C)c(C(=O)Oc2cc(C)c(C(=O)Oc3c(C)c(C)c(C(=O)O)c(C)c3CF)c(C)c2C)c(O)c1Br. The molecule has 1 aliphatic rings. The minimum atomic E-state index is -1.22. The molecule has 0 saturated carbocycles. The Morgan fingerprint density at radius 3 is 1.88 bits per heavy atom. The van der Waals surface area contributed by atoms with E-state index in [1.165, 1.54) is 32.3 Å². The highest BCUT2D eigenvalue weighted by molar-refractivity contribution is 9.10. The number of ketones is 1. The third-order valence-electron chi connectivity index (χ3n) is 9.57. The van der Waals surface area contributed by atoms with Crippen molar-refractivity contribution in [2.75, 3.05) is 7.11 Å². The second-order valence-electron chi connectivity index (χ2n) is 12.6. The summed E-state index contributed by atoms with van der Waals surface area (Å²) in [6.45, 7) is 13.1. The standard InChI is InChI=1S/C39H38BrFO11/c1-15-11-24(42)13-27(49-10)29(15)38(47)52-35-22(8)20(6)31(33(43)32(35)40)39(48)50-26-12-16(2)28(18(4)17(26)3)37(46)51-34-21(7)19(5)30(36(44)45)23(9)25(34)14-41/h11-13,29,43H,14H2,1-10H3,(H,44,45). The lowest BCUT2D eigenvalue weighted by Gasteiger charge is -2.23. The Morgan fingerprint density at radius 2 is 1.31 bits per heavy atom. The molecule has 0 amide bonds. The first kappa shape index (κ1) is 39.5. The lowest BCUT2D eigenvalue weighted by molar-refractivity contribution is -0.137. The van der Waals surface area contributed by atoms with Gasteiger partial charge in [-0.15, -0.1) is 0 Å². The average Bonchev–Trinajstić information content (AvgIpc) is 3.06. The van der Waals surface area contributed by atoms with Crippen LogP contribution < -0.4 is 14.2 Å². The highest BCUT2D eigenvalue weighted by Crippen LogP contribution is 2.44. The number of benzene rings is 3. The predicted octanol–water partition coefficient (Wildman–Crippen LogP) is 7.81. The minimum Gasteiger partial charge on any atom is -0.506 e. The molecule has 0 heterocycles.